The minimum absolute atomic E-state index is 0.314. The van der Waals surface area contributed by atoms with Crippen molar-refractivity contribution in [3.8, 4) is 0 Å². The van der Waals surface area contributed by atoms with Gasteiger partial charge in [0.15, 0.2) is 5.13 Å². The molecule has 6 nitrogen and oxygen atoms in total. The molecule has 1 unspecified atom stereocenters. The summed E-state index contributed by atoms with van der Waals surface area (Å²) in [6.07, 6.45) is 3.46. The first kappa shape index (κ1) is 13.8. The first-order valence-electron chi connectivity index (χ1n) is 6.32. The Morgan fingerprint density at radius 1 is 1.53 bits per heavy atom. The number of carbonyl (C=O) groups is 2. The minimum atomic E-state index is -0.800. The molecular weight excluding hydrogens is 266 g/mol. The van der Waals surface area contributed by atoms with Gasteiger partial charge < -0.3 is 16.2 Å². The highest BCUT2D eigenvalue weighted by atomic mass is 32.1. The number of carboxylic acid groups (broad SMARTS) is 1. The van der Waals surface area contributed by atoms with Crippen LogP contribution in [0.15, 0.2) is 0 Å². The van der Waals surface area contributed by atoms with E-state index in [0.717, 1.165) is 22.9 Å². The van der Waals surface area contributed by atoms with E-state index in [1.54, 1.807) is 0 Å². The molecule has 1 atom stereocenters. The highest BCUT2D eigenvalue weighted by molar-refractivity contribution is 7.15. The SMILES string of the molecule is NC(=O)CCCNc1nc2c(s1)CCCC2C(=O)O. The van der Waals surface area contributed by atoms with Crippen molar-refractivity contribution in [3.63, 3.8) is 0 Å². The number of nitrogens with two attached hydrogens (primary N) is 1. The number of carbonyl (C=O) groups excluding carboxylic acids is 1. The average molecular weight is 283 g/mol. The highest BCUT2D eigenvalue weighted by Gasteiger charge is 2.29. The zero-order chi connectivity index (χ0) is 13.8. The molecule has 1 aromatic heterocycles. The summed E-state index contributed by atoms with van der Waals surface area (Å²) in [6.45, 7) is 0.618. The highest BCUT2D eigenvalue weighted by Crippen LogP contribution is 2.36. The molecule has 0 radical (unpaired) electrons. The predicted molar refractivity (Wildman–Crippen MR) is 72.3 cm³/mol. The summed E-state index contributed by atoms with van der Waals surface area (Å²) >= 11 is 1.51. The third-order valence-electron chi connectivity index (χ3n) is 3.13. The van der Waals surface area contributed by atoms with Crippen molar-refractivity contribution in [2.45, 2.75) is 38.0 Å². The van der Waals surface area contributed by atoms with Gasteiger partial charge in [-0.25, -0.2) is 4.98 Å². The first-order valence-corrected chi connectivity index (χ1v) is 7.14. The first-order chi connectivity index (χ1) is 9.08. The van der Waals surface area contributed by atoms with Crippen LogP contribution in [0.2, 0.25) is 0 Å². The molecule has 0 aliphatic heterocycles. The van der Waals surface area contributed by atoms with E-state index in [0.29, 0.717) is 31.5 Å². The molecular formula is C12H17N3O3S. The lowest BCUT2D eigenvalue weighted by molar-refractivity contribution is -0.139. The maximum atomic E-state index is 11.2. The predicted octanol–water partition coefficient (Wildman–Crippen LogP) is 1.32. The van der Waals surface area contributed by atoms with Gasteiger partial charge in [0.1, 0.15) is 5.92 Å². The number of hydrogen-bond donors (Lipinski definition) is 3. The molecule has 19 heavy (non-hydrogen) atoms. The van der Waals surface area contributed by atoms with E-state index in [2.05, 4.69) is 10.3 Å². The van der Waals surface area contributed by atoms with Gasteiger partial charge in [0.05, 0.1) is 5.69 Å². The number of primary amides is 1. The monoisotopic (exact) mass is 283 g/mol. The minimum Gasteiger partial charge on any atom is -0.481 e. The van der Waals surface area contributed by atoms with Crippen LogP contribution in [0.4, 0.5) is 5.13 Å². The third kappa shape index (κ3) is 3.44. The molecule has 0 bridgehead atoms. The summed E-state index contributed by atoms with van der Waals surface area (Å²) in [7, 11) is 0. The fourth-order valence-corrected chi connectivity index (χ4v) is 3.28. The fraction of sp³-hybridized carbons (Fsp3) is 0.583. The number of aromatic nitrogens is 1. The van der Waals surface area contributed by atoms with Crippen molar-refractivity contribution < 1.29 is 14.7 Å². The number of amides is 1. The summed E-state index contributed by atoms with van der Waals surface area (Å²) < 4.78 is 0. The van der Waals surface area contributed by atoms with Crippen LogP contribution in [0, 0.1) is 0 Å². The molecule has 4 N–H and O–H groups in total. The number of thiazole rings is 1. The Kier molecular flexibility index (Phi) is 4.36. The van der Waals surface area contributed by atoms with E-state index in [1.807, 2.05) is 0 Å². The molecule has 7 heteroatoms. The summed E-state index contributed by atoms with van der Waals surface area (Å²) in [6, 6.07) is 0. The normalized spacial score (nSPS) is 17.8. The maximum absolute atomic E-state index is 11.2. The third-order valence-corrected chi connectivity index (χ3v) is 4.22. The molecule has 0 spiro atoms. The second kappa shape index (κ2) is 6.01. The molecule has 0 fully saturated rings. The fourth-order valence-electron chi connectivity index (χ4n) is 2.19. The van der Waals surface area contributed by atoms with Crippen LogP contribution in [0.25, 0.3) is 0 Å². The topological polar surface area (TPSA) is 105 Å². The van der Waals surface area contributed by atoms with Crippen molar-refractivity contribution in [1.29, 1.82) is 0 Å². The van der Waals surface area contributed by atoms with Crippen molar-refractivity contribution >= 4 is 28.3 Å². The molecule has 0 saturated carbocycles. The van der Waals surface area contributed by atoms with Crippen molar-refractivity contribution in [2.24, 2.45) is 5.73 Å². The standard InChI is InChI=1S/C12H17N3O3S/c13-9(16)5-2-6-14-12-15-10-7(11(17)18)3-1-4-8(10)19-12/h7H,1-6H2,(H2,13,16)(H,14,15)(H,17,18). The van der Waals surface area contributed by atoms with Crippen LogP contribution in [0.5, 0.6) is 0 Å². The van der Waals surface area contributed by atoms with E-state index in [9.17, 15) is 9.59 Å². The number of carboxylic acids is 1. The largest absolute Gasteiger partial charge is 0.481 e. The maximum Gasteiger partial charge on any atom is 0.312 e. The number of aryl methyl sites for hydroxylation is 1. The molecule has 1 aliphatic rings. The lowest BCUT2D eigenvalue weighted by Crippen LogP contribution is -2.17. The van der Waals surface area contributed by atoms with E-state index in [4.69, 9.17) is 10.8 Å². The van der Waals surface area contributed by atoms with E-state index >= 15 is 0 Å². The molecule has 104 valence electrons. The van der Waals surface area contributed by atoms with Gasteiger partial charge in [-0.15, -0.1) is 11.3 Å². The van der Waals surface area contributed by atoms with Gasteiger partial charge >= 0.3 is 5.97 Å². The number of rotatable bonds is 6. The molecule has 2 rings (SSSR count). The van der Waals surface area contributed by atoms with Crippen LogP contribution in [-0.2, 0) is 16.0 Å². The number of hydrogen-bond acceptors (Lipinski definition) is 5. The van der Waals surface area contributed by atoms with Crippen LogP contribution in [0.1, 0.15) is 42.2 Å². The number of fused-ring (bicyclic) bond motifs is 1. The lowest BCUT2D eigenvalue weighted by atomic mass is 9.91. The molecule has 1 aliphatic carbocycles. The smallest absolute Gasteiger partial charge is 0.312 e. The van der Waals surface area contributed by atoms with Gasteiger partial charge in [0.25, 0.3) is 0 Å². The second-order valence-electron chi connectivity index (χ2n) is 4.61. The van der Waals surface area contributed by atoms with Crippen LogP contribution in [0.3, 0.4) is 0 Å². The Labute approximate surface area is 115 Å². The van der Waals surface area contributed by atoms with Gasteiger partial charge in [-0.1, -0.05) is 0 Å². The molecule has 1 aromatic rings. The number of aliphatic carboxylic acids is 1. The molecule has 0 saturated heterocycles. The van der Waals surface area contributed by atoms with E-state index in [-0.39, 0.29) is 5.91 Å². The van der Waals surface area contributed by atoms with Crippen LogP contribution >= 0.6 is 11.3 Å². The van der Waals surface area contributed by atoms with Gasteiger partial charge in [0.2, 0.25) is 5.91 Å². The summed E-state index contributed by atoms with van der Waals surface area (Å²) in [5.41, 5.74) is 5.77. The summed E-state index contributed by atoms with van der Waals surface area (Å²) in [4.78, 5) is 27.2. The molecule has 1 heterocycles. The molecule has 0 aromatic carbocycles. The van der Waals surface area contributed by atoms with Gasteiger partial charge in [0, 0.05) is 17.8 Å². The zero-order valence-electron chi connectivity index (χ0n) is 10.5. The quantitative estimate of drug-likeness (QED) is 0.683. The molecule has 1 amide bonds. The Bertz CT molecular complexity index is 487. The Morgan fingerprint density at radius 3 is 3.00 bits per heavy atom. The van der Waals surface area contributed by atoms with Gasteiger partial charge in [-0.05, 0) is 25.7 Å². The van der Waals surface area contributed by atoms with Crippen molar-refractivity contribution in [1.82, 2.24) is 4.98 Å². The summed E-state index contributed by atoms with van der Waals surface area (Å²) in [5.74, 6) is -1.58. The van der Waals surface area contributed by atoms with E-state index < -0.39 is 11.9 Å². The Hall–Kier alpha value is -1.63. The number of nitrogens with zero attached hydrogens (tertiary/aromatic N) is 1. The van der Waals surface area contributed by atoms with Gasteiger partial charge in [-0.2, -0.15) is 0 Å². The Balaban J connectivity index is 1.97. The van der Waals surface area contributed by atoms with E-state index in [1.165, 1.54) is 11.3 Å². The zero-order valence-corrected chi connectivity index (χ0v) is 11.3. The van der Waals surface area contributed by atoms with Crippen molar-refractivity contribution in [2.75, 3.05) is 11.9 Å². The number of anilines is 1. The summed E-state index contributed by atoms with van der Waals surface area (Å²) in [5, 5.41) is 13.0. The van der Waals surface area contributed by atoms with Crippen molar-refractivity contribution in [3.05, 3.63) is 10.6 Å². The number of nitrogens with one attached hydrogen (secondary N) is 1. The second-order valence-corrected chi connectivity index (χ2v) is 5.69. The van der Waals surface area contributed by atoms with Crippen LogP contribution in [-0.4, -0.2) is 28.5 Å². The van der Waals surface area contributed by atoms with Gasteiger partial charge in [-0.3, -0.25) is 9.59 Å². The Morgan fingerprint density at radius 2 is 2.32 bits per heavy atom. The van der Waals surface area contributed by atoms with Crippen LogP contribution < -0.4 is 11.1 Å². The average Bonchev–Trinajstić information content (AvgIpc) is 2.76. The lowest BCUT2D eigenvalue weighted by Gasteiger charge is -2.16.